The van der Waals surface area contributed by atoms with Crippen molar-refractivity contribution in [3.63, 3.8) is 0 Å². The van der Waals surface area contributed by atoms with Gasteiger partial charge in [0, 0.05) is 0 Å². The average molecular weight is 631 g/mol. The fourth-order valence-corrected chi connectivity index (χ4v) is 17.0. The maximum absolute atomic E-state index is 2.76. The molecule has 0 aliphatic heterocycles. The van der Waals surface area contributed by atoms with Gasteiger partial charge in [-0.2, -0.15) is 0 Å². The molecule has 0 bridgehead atoms. The summed E-state index contributed by atoms with van der Waals surface area (Å²) < 4.78 is 0. The molecular formula is C46H78. The molecule has 0 heterocycles. The van der Waals surface area contributed by atoms with E-state index in [1.165, 1.54) is 25.7 Å². The Balaban J connectivity index is 1.20. The van der Waals surface area contributed by atoms with E-state index in [2.05, 4.69) is 48.5 Å². The van der Waals surface area contributed by atoms with Crippen molar-refractivity contribution in [3.05, 3.63) is 0 Å². The number of hydrogen-bond donors (Lipinski definition) is 0. The molecule has 0 heteroatoms. The van der Waals surface area contributed by atoms with Crippen molar-refractivity contribution in [2.75, 3.05) is 0 Å². The summed E-state index contributed by atoms with van der Waals surface area (Å²) in [7, 11) is 0. The quantitative estimate of drug-likeness (QED) is 0.274. The van der Waals surface area contributed by atoms with E-state index >= 15 is 0 Å². The highest BCUT2D eigenvalue weighted by Gasteiger charge is 2.69. The Morgan fingerprint density at radius 2 is 1.04 bits per heavy atom. The predicted molar refractivity (Wildman–Crippen MR) is 196 cm³/mol. The minimum Gasteiger partial charge on any atom is -0.0649 e. The third kappa shape index (κ3) is 5.04. The summed E-state index contributed by atoms with van der Waals surface area (Å²) in [6.45, 7) is 18.4. The Hall–Kier alpha value is 0. The maximum atomic E-state index is 2.76. The first-order chi connectivity index (χ1) is 22.2. The Bertz CT molecular complexity index is 1030. The Morgan fingerprint density at radius 1 is 0.478 bits per heavy atom. The first kappa shape index (κ1) is 33.2. The van der Waals surface area contributed by atoms with Crippen molar-refractivity contribution < 1.29 is 0 Å². The van der Waals surface area contributed by atoms with Crippen molar-refractivity contribution in [3.8, 4) is 0 Å². The van der Waals surface area contributed by atoms with Gasteiger partial charge in [0.15, 0.2) is 0 Å². The third-order valence-corrected chi connectivity index (χ3v) is 20.3. The normalized spacial score (nSPS) is 51.8. The van der Waals surface area contributed by atoms with E-state index in [0.717, 1.165) is 88.8 Å². The molecule has 0 radical (unpaired) electrons. The first-order valence-electron chi connectivity index (χ1n) is 22.2. The van der Waals surface area contributed by atoms with Gasteiger partial charge in [-0.25, -0.2) is 0 Å². The summed E-state index contributed by atoms with van der Waals surface area (Å²) >= 11 is 0. The SMILES string of the molecule is CCC(C)(CC)C1CC(C(C)(CC)CC)CC2(C1)C1CC3CCCCC3CC1C1C3C(CCC12)CC1CC2CC(C)CCC2CC13. The van der Waals surface area contributed by atoms with Crippen molar-refractivity contribution in [1.29, 1.82) is 0 Å². The van der Waals surface area contributed by atoms with Gasteiger partial charge >= 0.3 is 0 Å². The lowest BCUT2D eigenvalue weighted by Crippen LogP contribution is -2.50. The highest BCUT2D eigenvalue weighted by molar-refractivity contribution is 5.18. The van der Waals surface area contributed by atoms with Gasteiger partial charge in [0.25, 0.3) is 0 Å². The van der Waals surface area contributed by atoms with Gasteiger partial charge in [-0.1, -0.05) is 106 Å². The van der Waals surface area contributed by atoms with Crippen LogP contribution in [0.25, 0.3) is 0 Å². The Morgan fingerprint density at radius 3 is 1.70 bits per heavy atom. The zero-order valence-electron chi connectivity index (χ0n) is 32.0. The van der Waals surface area contributed by atoms with Gasteiger partial charge in [0.05, 0.1) is 0 Å². The lowest BCUT2D eigenvalue weighted by Gasteiger charge is -2.59. The second kappa shape index (κ2) is 12.3. The van der Waals surface area contributed by atoms with Crippen LogP contribution < -0.4 is 0 Å². The molecule has 0 aromatic rings. The van der Waals surface area contributed by atoms with Crippen LogP contribution in [0, 0.1) is 105 Å². The third-order valence-electron chi connectivity index (χ3n) is 20.3. The molecule has 0 nitrogen and oxygen atoms in total. The van der Waals surface area contributed by atoms with Crippen LogP contribution in [0.15, 0.2) is 0 Å². The van der Waals surface area contributed by atoms with Crippen LogP contribution in [0.1, 0.15) is 183 Å². The molecule has 0 aromatic heterocycles. The second-order valence-electron chi connectivity index (χ2n) is 21.2. The van der Waals surface area contributed by atoms with E-state index < -0.39 is 0 Å². The van der Waals surface area contributed by atoms with E-state index in [-0.39, 0.29) is 0 Å². The monoisotopic (exact) mass is 631 g/mol. The Kier molecular flexibility index (Phi) is 8.90. The summed E-state index contributed by atoms with van der Waals surface area (Å²) in [5.41, 5.74) is 1.74. The molecule has 8 fully saturated rings. The molecule has 8 saturated carbocycles. The molecule has 1 spiro atoms. The van der Waals surface area contributed by atoms with E-state index in [4.69, 9.17) is 0 Å². The van der Waals surface area contributed by atoms with Crippen LogP contribution >= 0.6 is 0 Å². The van der Waals surface area contributed by atoms with Crippen molar-refractivity contribution >= 4 is 0 Å². The van der Waals surface area contributed by atoms with Gasteiger partial charge in [0.2, 0.25) is 0 Å². The van der Waals surface area contributed by atoms with E-state index in [1.54, 1.807) is 109 Å². The summed E-state index contributed by atoms with van der Waals surface area (Å²) in [5, 5.41) is 0. The molecule has 8 aliphatic carbocycles. The molecule has 0 N–H and O–H groups in total. The number of fused-ring (bicyclic) bond motifs is 11. The molecule has 0 saturated heterocycles. The Labute approximate surface area is 287 Å². The smallest absolute Gasteiger partial charge is 0.0230 e. The zero-order chi connectivity index (χ0) is 32.0. The van der Waals surface area contributed by atoms with Crippen molar-refractivity contribution in [2.24, 2.45) is 105 Å². The molecule has 8 aliphatic rings. The lowest BCUT2D eigenvalue weighted by molar-refractivity contribution is -0.0932. The summed E-state index contributed by atoms with van der Waals surface area (Å²) in [6, 6.07) is 0. The summed E-state index contributed by atoms with van der Waals surface area (Å²) in [6.07, 6.45) is 33.0. The van der Waals surface area contributed by atoms with Crippen molar-refractivity contribution in [1.82, 2.24) is 0 Å². The largest absolute Gasteiger partial charge is 0.0649 e. The lowest BCUT2D eigenvalue weighted by atomic mass is 9.46. The van der Waals surface area contributed by atoms with Crippen molar-refractivity contribution in [2.45, 2.75) is 183 Å². The molecule has 0 aromatic carbocycles. The zero-order valence-corrected chi connectivity index (χ0v) is 32.0. The molecule has 15 unspecified atom stereocenters. The van der Waals surface area contributed by atoms with E-state index in [1.807, 2.05) is 0 Å². The van der Waals surface area contributed by atoms with Crippen LogP contribution in [0.3, 0.4) is 0 Å². The molecule has 46 heavy (non-hydrogen) atoms. The van der Waals surface area contributed by atoms with Crippen LogP contribution in [0.2, 0.25) is 0 Å². The highest BCUT2D eigenvalue weighted by atomic mass is 14.7. The number of rotatable bonds is 6. The first-order valence-corrected chi connectivity index (χ1v) is 22.2. The minimum atomic E-state index is 0.538. The van der Waals surface area contributed by atoms with E-state index in [0.29, 0.717) is 16.2 Å². The average Bonchev–Trinajstić information content (AvgIpc) is 3.57. The molecule has 15 atom stereocenters. The van der Waals surface area contributed by atoms with Crippen LogP contribution in [-0.4, -0.2) is 0 Å². The molecule has 262 valence electrons. The highest BCUT2D eigenvalue weighted by Crippen LogP contribution is 2.76. The van der Waals surface area contributed by atoms with E-state index in [9.17, 15) is 0 Å². The molecule has 8 rings (SSSR count). The van der Waals surface area contributed by atoms with Crippen LogP contribution in [0.4, 0.5) is 0 Å². The fourth-order valence-electron chi connectivity index (χ4n) is 17.0. The number of hydrogen-bond acceptors (Lipinski definition) is 0. The maximum Gasteiger partial charge on any atom is -0.0230 e. The fraction of sp³-hybridized carbons (Fsp3) is 1.00. The van der Waals surface area contributed by atoms with Crippen LogP contribution in [0.5, 0.6) is 0 Å². The molecule has 0 amide bonds. The topological polar surface area (TPSA) is 0 Å². The van der Waals surface area contributed by atoms with Gasteiger partial charge in [-0.15, -0.1) is 0 Å². The molecular weight excluding hydrogens is 553 g/mol. The standard InChI is InChI=1S/C46H78/c1-8-44(6,9-2)36-26-37(45(7,10-3)11-4)28-46(27-36)40-19-18-33-21-35-22-34-20-29(5)16-17-32(34)23-38(35)42(33)43(40)39-24-30-14-12-13-15-31(30)25-41(39)46/h29-43H,8-28H2,1-7H3. The van der Waals surface area contributed by atoms with Gasteiger partial charge in [-0.3, -0.25) is 0 Å². The second-order valence-corrected chi connectivity index (χ2v) is 21.2. The van der Waals surface area contributed by atoms with Gasteiger partial charge in [0.1, 0.15) is 0 Å². The minimum absolute atomic E-state index is 0.538. The van der Waals surface area contributed by atoms with Crippen LogP contribution in [-0.2, 0) is 0 Å². The summed E-state index contributed by atoms with van der Waals surface area (Å²) in [4.78, 5) is 0. The van der Waals surface area contributed by atoms with Gasteiger partial charge in [-0.05, 0) is 182 Å². The predicted octanol–water partition coefficient (Wildman–Crippen LogP) is 13.6. The van der Waals surface area contributed by atoms with Gasteiger partial charge < -0.3 is 0 Å². The summed E-state index contributed by atoms with van der Waals surface area (Å²) in [5.74, 6) is 16.1.